The van der Waals surface area contributed by atoms with Gasteiger partial charge in [-0.05, 0) is 68.2 Å². The molecular formula is C25H30FN3O2. The van der Waals surface area contributed by atoms with Crippen molar-refractivity contribution < 1.29 is 14.0 Å². The van der Waals surface area contributed by atoms with Crippen LogP contribution in [0.2, 0.25) is 0 Å². The number of rotatable bonds is 3. The lowest BCUT2D eigenvalue weighted by atomic mass is 9.70. The van der Waals surface area contributed by atoms with Gasteiger partial charge in [0.15, 0.2) is 0 Å². The highest BCUT2D eigenvalue weighted by atomic mass is 19.1. The first-order valence-electron chi connectivity index (χ1n) is 11.4. The van der Waals surface area contributed by atoms with Crippen LogP contribution in [0.1, 0.15) is 47.3 Å². The van der Waals surface area contributed by atoms with Crippen LogP contribution in [-0.2, 0) is 18.3 Å². The Hall–Kier alpha value is -2.63. The van der Waals surface area contributed by atoms with Gasteiger partial charge in [0.25, 0.3) is 5.91 Å². The van der Waals surface area contributed by atoms with Gasteiger partial charge in [0.2, 0.25) is 5.91 Å². The molecule has 164 valence electrons. The summed E-state index contributed by atoms with van der Waals surface area (Å²) in [4.78, 5) is 30.5. The summed E-state index contributed by atoms with van der Waals surface area (Å²) in [5.74, 6) is 0.611. The predicted molar refractivity (Wildman–Crippen MR) is 116 cm³/mol. The average Bonchev–Trinajstić information content (AvgIpc) is 3.09. The number of carbonyl (C=O) groups excluding carboxylic acids is 2. The highest BCUT2D eigenvalue weighted by molar-refractivity contribution is 5.95. The molecule has 5 rings (SSSR count). The minimum absolute atomic E-state index is 0.0170. The largest absolute Gasteiger partial charge is 0.354 e. The molecule has 2 amide bonds. The van der Waals surface area contributed by atoms with E-state index in [1.807, 2.05) is 41.8 Å². The molecule has 4 heterocycles. The summed E-state index contributed by atoms with van der Waals surface area (Å²) >= 11 is 0. The summed E-state index contributed by atoms with van der Waals surface area (Å²) in [6.07, 6.45) is 6.12. The summed E-state index contributed by atoms with van der Waals surface area (Å²) in [5, 5.41) is 0. The molecule has 2 aromatic rings. The lowest BCUT2D eigenvalue weighted by molar-refractivity contribution is -0.151. The van der Waals surface area contributed by atoms with Crippen LogP contribution in [0.4, 0.5) is 4.39 Å². The third kappa shape index (κ3) is 3.56. The molecule has 0 unspecified atom stereocenters. The van der Waals surface area contributed by atoms with Gasteiger partial charge in [-0.1, -0.05) is 12.1 Å². The zero-order valence-electron chi connectivity index (χ0n) is 18.3. The Bertz CT molecular complexity index is 1020. The molecule has 5 nitrogen and oxygen atoms in total. The number of aromatic nitrogens is 1. The fraction of sp³-hybridized carbons (Fsp3) is 0.520. The number of hydrogen-bond acceptors (Lipinski definition) is 2. The molecule has 3 aliphatic rings. The SMILES string of the molecule is Cc1c(C(=O)N2C[C@H]3C[C@@H](C2)[C@H](Cc2cccc(F)c2)N2C(=O)CCC[C@@H]32)ccn1C. The van der Waals surface area contributed by atoms with Crippen LogP contribution in [0.3, 0.4) is 0 Å². The summed E-state index contributed by atoms with van der Waals surface area (Å²) in [6, 6.07) is 8.82. The molecule has 0 spiro atoms. The second-order valence-corrected chi connectivity index (χ2v) is 9.55. The maximum Gasteiger partial charge on any atom is 0.255 e. The van der Waals surface area contributed by atoms with Crippen LogP contribution >= 0.6 is 0 Å². The predicted octanol–water partition coefficient (Wildman–Crippen LogP) is 3.56. The van der Waals surface area contributed by atoms with Crippen molar-refractivity contribution in [1.82, 2.24) is 14.4 Å². The van der Waals surface area contributed by atoms with Crippen LogP contribution in [-0.4, -0.2) is 51.4 Å². The number of amides is 2. The second-order valence-electron chi connectivity index (χ2n) is 9.55. The number of aryl methyl sites for hydroxylation is 1. The number of likely N-dealkylation sites (tertiary alicyclic amines) is 1. The minimum Gasteiger partial charge on any atom is -0.354 e. The summed E-state index contributed by atoms with van der Waals surface area (Å²) in [5.41, 5.74) is 2.66. The van der Waals surface area contributed by atoms with Crippen molar-refractivity contribution in [2.24, 2.45) is 18.9 Å². The quantitative estimate of drug-likeness (QED) is 0.758. The van der Waals surface area contributed by atoms with Gasteiger partial charge in [-0.15, -0.1) is 0 Å². The van der Waals surface area contributed by atoms with Gasteiger partial charge in [-0.25, -0.2) is 4.39 Å². The van der Waals surface area contributed by atoms with Gasteiger partial charge >= 0.3 is 0 Å². The fourth-order valence-corrected chi connectivity index (χ4v) is 6.11. The Balaban J connectivity index is 1.45. The van der Waals surface area contributed by atoms with Crippen molar-refractivity contribution in [3.8, 4) is 0 Å². The average molecular weight is 424 g/mol. The topological polar surface area (TPSA) is 45.6 Å². The van der Waals surface area contributed by atoms with E-state index in [2.05, 4.69) is 4.90 Å². The Morgan fingerprint density at radius 2 is 2.00 bits per heavy atom. The van der Waals surface area contributed by atoms with E-state index in [1.54, 1.807) is 12.1 Å². The highest BCUT2D eigenvalue weighted by Gasteiger charge is 2.50. The van der Waals surface area contributed by atoms with Gasteiger partial charge in [0.05, 0.1) is 5.56 Å². The normalized spacial score (nSPS) is 27.9. The van der Waals surface area contributed by atoms with Crippen molar-refractivity contribution in [2.45, 2.75) is 51.1 Å². The molecule has 0 saturated carbocycles. The van der Waals surface area contributed by atoms with Crippen LogP contribution < -0.4 is 0 Å². The van der Waals surface area contributed by atoms with E-state index in [-0.39, 0.29) is 35.6 Å². The van der Waals surface area contributed by atoms with E-state index in [9.17, 15) is 14.0 Å². The Kier molecular flexibility index (Phi) is 5.11. The van der Waals surface area contributed by atoms with Crippen molar-refractivity contribution in [2.75, 3.05) is 13.1 Å². The zero-order valence-corrected chi connectivity index (χ0v) is 18.3. The van der Waals surface area contributed by atoms with Gasteiger partial charge in [0, 0.05) is 50.5 Å². The first kappa shape index (κ1) is 20.3. The molecule has 0 radical (unpaired) electrons. The van der Waals surface area contributed by atoms with Crippen molar-refractivity contribution >= 4 is 11.8 Å². The standard InChI is InChI=1S/C25H30FN3O2/c1-16-21(9-10-27(16)2)25(31)28-14-18-13-19(15-28)23(12-17-5-3-6-20(26)11-17)29-22(18)7-4-8-24(29)30/h3,5-6,9-11,18-19,22-23H,4,7-8,12-15H2,1-2H3/t18-,19+,22+,23+/m1/s1. The number of benzene rings is 1. The third-order valence-electron chi connectivity index (χ3n) is 7.73. The number of fused-ring (bicyclic) bond motifs is 4. The zero-order chi connectivity index (χ0) is 21.7. The van der Waals surface area contributed by atoms with Gasteiger partial charge in [0.1, 0.15) is 5.82 Å². The van der Waals surface area contributed by atoms with E-state index in [0.717, 1.165) is 36.1 Å². The molecule has 3 saturated heterocycles. The smallest absolute Gasteiger partial charge is 0.255 e. The maximum atomic E-state index is 13.8. The molecule has 0 aliphatic carbocycles. The molecule has 31 heavy (non-hydrogen) atoms. The van der Waals surface area contributed by atoms with Crippen LogP contribution in [0.5, 0.6) is 0 Å². The summed E-state index contributed by atoms with van der Waals surface area (Å²) < 4.78 is 15.8. The molecule has 1 aromatic carbocycles. The second kappa shape index (κ2) is 7.81. The van der Waals surface area contributed by atoms with E-state index in [0.29, 0.717) is 31.8 Å². The van der Waals surface area contributed by atoms with Gasteiger partial charge in [-0.3, -0.25) is 9.59 Å². The first-order chi connectivity index (χ1) is 14.9. The molecule has 3 fully saturated rings. The lowest BCUT2D eigenvalue weighted by Gasteiger charge is -2.56. The van der Waals surface area contributed by atoms with Crippen molar-refractivity contribution in [1.29, 1.82) is 0 Å². The molecule has 1 aromatic heterocycles. The maximum absolute atomic E-state index is 13.8. The minimum atomic E-state index is -0.243. The van der Waals surface area contributed by atoms with Crippen molar-refractivity contribution in [3.63, 3.8) is 0 Å². The number of halogens is 1. The molecule has 2 bridgehead atoms. The third-order valence-corrected chi connectivity index (χ3v) is 7.73. The number of piperidine rings is 3. The van der Waals surface area contributed by atoms with E-state index >= 15 is 0 Å². The fourth-order valence-electron chi connectivity index (χ4n) is 6.11. The number of nitrogens with zero attached hydrogens (tertiary/aromatic N) is 3. The van der Waals surface area contributed by atoms with Gasteiger partial charge in [-0.2, -0.15) is 0 Å². The lowest BCUT2D eigenvalue weighted by Crippen LogP contribution is -2.66. The van der Waals surface area contributed by atoms with Crippen molar-refractivity contribution in [3.05, 3.63) is 59.2 Å². The monoisotopic (exact) mass is 423 g/mol. The molecule has 4 atom stereocenters. The molecule has 6 heteroatoms. The molecule has 3 aliphatic heterocycles. The van der Waals surface area contributed by atoms with E-state index in [1.165, 1.54) is 6.07 Å². The van der Waals surface area contributed by atoms with Gasteiger partial charge < -0.3 is 14.4 Å². The molecule has 0 N–H and O–H groups in total. The van der Waals surface area contributed by atoms with E-state index < -0.39 is 0 Å². The number of carbonyl (C=O) groups is 2. The highest BCUT2D eigenvalue weighted by Crippen LogP contribution is 2.43. The Morgan fingerprint density at radius 3 is 2.74 bits per heavy atom. The van der Waals surface area contributed by atoms with Crippen LogP contribution in [0, 0.1) is 24.6 Å². The van der Waals surface area contributed by atoms with E-state index in [4.69, 9.17) is 0 Å². The number of hydrogen-bond donors (Lipinski definition) is 0. The summed E-state index contributed by atoms with van der Waals surface area (Å²) in [7, 11) is 1.96. The first-order valence-corrected chi connectivity index (χ1v) is 11.4. The molecular weight excluding hydrogens is 393 g/mol. The Morgan fingerprint density at radius 1 is 1.19 bits per heavy atom. The summed E-state index contributed by atoms with van der Waals surface area (Å²) in [6.45, 7) is 3.34. The van der Waals surface area contributed by atoms with Crippen LogP contribution in [0.25, 0.3) is 0 Å². The Labute approximate surface area is 182 Å². The van der Waals surface area contributed by atoms with Crippen LogP contribution in [0.15, 0.2) is 36.5 Å².